The van der Waals surface area contributed by atoms with E-state index in [1.807, 2.05) is 12.1 Å². The van der Waals surface area contributed by atoms with Gasteiger partial charge >= 0.3 is 0 Å². The predicted molar refractivity (Wildman–Crippen MR) is 79.6 cm³/mol. The molecule has 0 bridgehead atoms. The number of ether oxygens (including phenoxy) is 1. The van der Waals surface area contributed by atoms with E-state index in [1.165, 1.54) is 24.9 Å². The molecule has 0 aromatic heterocycles. The lowest BCUT2D eigenvalue weighted by Crippen LogP contribution is -2.37. The summed E-state index contributed by atoms with van der Waals surface area (Å²) < 4.78 is 5.21. The second-order valence-electron chi connectivity index (χ2n) is 5.35. The van der Waals surface area contributed by atoms with Gasteiger partial charge in [0.1, 0.15) is 5.75 Å². The third-order valence-corrected chi connectivity index (χ3v) is 3.98. The van der Waals surface area contributed by atoms with Crippen LogP contribution in [0.5, 0.6) is 5.75 Å². The zero-order valence-electron chi connectivity index (χ0n) is 12.1. The van der Waals surface area contributed by atoms with Crippen LogP contribution in [0, 0.1) is 5.92 Å². The fourth-order valence-corrected chi connectivity index (χ4v) is 2.74. The summed E-state index contributed by atoms with van der Waals surface area (Å²) in [5.74, 6) is 1.70. The summed E-state index contributed by atoms with van der Waals surface area (Å²) in [6.07, 6.45) is 3.77. The van der Waals surface area contributed by atoms with Crippen molar-refractivity contribution in [2.45, 2.75) is 32.2 Å². The van der Waals surface area contributed by atoms with Crippen molar-refractivity contribution in [2.75, 3.05) is 26.7 Å². The number of nitrogens with one attached hydrogen (secondary N) is 2. The molecule has 2 atom stereocenters. The highest BCUT2D eigenvalue weighted by atomic mass is 16.5. The Kier molecular flexibility index (Phi) is 5.67. The minimum Gasteiger partial charge on any atom is -0.497 e. The molecule has 0 radical (unpaired) electrons. The molecule has 2 unspecified atom stereocenters. The average Bonchev–Trinajstić information content (AvgIpc) is 2.49. The largest absolute Gasteiger partial charge is 0.497 e. The van der Waals surface area contributed by atoms with Gasteiger partial charge < -0.3 is 15.4 Å². The Morgan fingerprint density at radius 1 is 1.37 bits per heavy atom. The van der Waals surface area contributed by atoms with Crippen molar-refractivity contribution < 1.29 is 4.74 Å². The van der Waals surface area contributed by atoms with Gasteiger partial charge in [-0.2, -0.15) is 0 Å². The molecule has 1 aromatic rings. The number of hydrogen-bond acceptors (Lipinski definition) is 3. The standard InChI is InChI=1S/C16H26N2O/c1-3-16(14-6-8-15(19-2)9-7-14)18-12-13-5-4-10-17-11-13/h6-9,13,16-18H,3-5,10-12H2,1-2H3. The quantitative estimate of drug-likeness (QED) is 0.827. The lowest BCUT2D eigenvalue weighted by molar-refractivity contribution is 0.341. The molecule has 0 amide bonds. The van der Waals surface area contributed by atoms with Crippen LogP contribution in [0.15, 0.2) is 24.3 Å². The van der Waals surface area contributed by atoms with E-state index in [9.17, 15) is 0 Å². The van der Waals surface area contributed by atoms with Crippen molar-refractivity contribution in [3.8, 4) is 5.75 Å². The molecule has 0 spiro atoms. The minimum atomic E-state index is 0.452. The highest BCUT2D eigenvalue weighted by molar-refractivity contribution is 5.29. The second-order valence-corrected chi connectivity index (χ2v) is 5.35. The van der Waals surface area contributed by atoms with Crippen LogP contribution in [-0.4, -0.2) is 26.7 Å². The van der Waals surface area contributed by atoms with Crippen molar-refractivity contribution in [1.29, 1.82) is 0 Å². The molecule has 19 heavy (non-hydrogen) atoms. The smallest absolute Gasteiger partial charge is 0.118 e. The van der Waals surface area contributed by atoms with Gasteiger partial charge in [0.15, 0.2) is 0 Å². The number of methoxy groups -OCH3 is 1. The van der Waals surface area contributed by atoms with E-state index in [-0.39, 0.29) is 0 Å². The van der Waals surface area contributed by atoms with E-state index < -0.39 is 0 Å². The Hall–Kier alpha value is -1.06. The molecular formula is C16H26N2O. The molecule has 0 saturated carbocycles. The first-order valence-electron chi connectivity index (χ1n) is 7.41. The zero-order valence-corrected chi connectivity index (χ0v) is 12.1. The molecule has 1 aliphatic heterocycles. The van der Waals surface area contributed by atoms with E-state index in [0.717, 1.165) is 31.2 Å². The summed E-state index contributed by atoms with van der Waals surface area (Å²) in [5.41, 5.74) is 1.35. The molecule has 2 rings (SSSR count). The van der Waals surface area contributed by atoms with Gasteiger partial charge in [0, 0.05) is 6.04 Å². The third-order valence-electron chi connectivity index (χ3n) is 3.98. The van der Waals surface area contributed by atoms with Gasteiger partial charge in [0.2, 0.25) is 0 Å². The first kappa shape index (κ1) is 14.4. The Bertz CT molecular complexity index is 358. The molecule has 1 aliphatic rings. The molecular weight excluding hydrogens is 236 g/mol. The van der Waals surface area contributed by atoms with Crippen LogP contribution < -0.4 is 15.4 Å². The number of piperidine rings is 1. The molecule has 106 valence electrons. The highest BCUT2D eigenvalue weighted by Crippen LogP contribution is 2.20. The Labute approximate surface area is 116 Å². The Morgan fingerprint density at radius 2 is 2.16 bits per heavy atom. The molecule has 0 aliphatic carbocycles. The lowest BCUT2D eigenvalue weighted by atomic mass is 9.98. The third kappa shape index (κ3) is 4.22. The number of benzene rings is 1. The van der Waals surface area contributed by atoms with Crippen LogP contribution in [0.2, 0.25) is 0 Å². The molecule has 2 N–H and O–H groups in total. The van der Waals surface area contributed by atoms with Gasteiger partial charge in [-0.3, -0.25) is 0 Å². The molecule has 1 aromatic carbocycles. The Morgan fingerprint density at radius 3 is 2.74 bits per heavy atom. The van der Waals surface area contributed by atoms with Gasteiger partial charge in [0.25, 0.3) is 0 Å². The highest BCUT2D eigenvalue weighted by Gasteiger charge is 2.15. The summed E-state index contributed by atoms with van der Waals surface area (Å²) in [7, 11) is 1.71. The van der Waals surface area contributed by atoms with Gasteiger partial charge in [-0.25, -0.2) is 0 Å². The van der Waals surface area contributed by atoms with Crippen LogP contribution in [0.25, 0.3) is 0 Å². The van der Waals surface area contributed by atoms with E-state index in [4.69, 9.17) is 4.74 Å². The fraction of sp³-hybridized carbons (Fsp3) is 0.625. The van der Waals surface area contributed by atoms with Crippen LogP contribution in [0.4, 0.5) is 0 Å². The first-order chi connectivity index (χ1) is 9.33. The topological polar surface area (TPSA) is 33.3 Å². The van der Waals surface area contributed by atoms with E-state index >= 15 is 0 Å². The fourth-order valence-electron chi connectivity index (χ4n) is 2.74. The lowest BCUT2D eigenvalue weighted by Gasteiger charge is -2.26. The van der Waals surface area contributed by atoms with Crippen LogP contribution >= 0.6 is 0 Å². The van der Waals surface area contributed by atoms with Crippen molar-refractivity contribution in [3.05, 3.63) is 29.8 Å². The zero-order chi connectivity index (χ0) is 13.5. The normalized spacial score (nSPS) is 21.1. The van der Waals surface area contributed by atoms with Crippen LogP contribution in [0.3, 0.4) is 0 Å². The Balaban J connectivity index is 1.87. The molecule has 1 heterocycles. The van der Waals surface area contributed by atoms with Gasteiger partial charge in [-0.1, -0.05) is 19.1 Å². The van der Waals surface area contributed by atoms with E-state index in [2.05, 4.69) is 29.7 Å². The van der Waals surface area contributed by atoms with Gasteiger partial charge in [-0.05, 0) is 62.5 Å². The minimum absolute atomic E-state index is 0.452. The number of rotatable bonds is 6. The summed E-state index contributed by atoms with van der Waals surface area (Å²) in [5, 5.41) is 7.19. The monoisotopic (exact) mass is 262 g/mol. The molecule has 3 heteroatoms. The van der Waals surface area contributed by atoms with Crippen LogP contribution in [-0.2, 0) is 0 Å². The predicted octanol–water partition coefficient (Wildman–Crippen LogP) is 2.74. The summed E-state index contributed by atoms with van der Waals surface area (Å²) in [4.78, 5) is 0. The maximum atomic E-state index is 5.21. The van der Waals surface area contributed by atoms with E-state index in [0.29, 0.717) is 6.04 Å². The second kappa shape index (κ2) is 7.51. The van der Waals surface area contributed by atoms with Crippen molar-refractivity contribution in [3.63, 3.8) is 0 Å². The average molecular weight is 262 g/mol. The maximum absolute atomic E-state index is 5.21. The number of hydrogen-bond donors (Lipinski definition) is 2. The van der Waals surface area contributed by atoms with Crippen molar-refractivity contribution in [1.82, 2.24) is 10.6 Å². The van der Waals surface area contributed by atoms with E-state index in [1.54, 1.807) is 7.11 Å². The summed E-state index contributed by atoms with van der Waals surface area (Å²) >= 11 is 0. The van der Waals surface area contributed by atoms with Gasteiger partial charge in [-0.15, -0.1) is 0 Å². The SMILES string of the molecule is CCC(NCC1CCCNC1)c1ccc(OC)cc1. The summed E-state index contributed by atoms with van der Waals surface area (Å²) in [6.45, 7) is 5.69. The van der Waals surface area contributed by atoms with Crippen molar-refractivity contribution in [2.24, 2.45) is 5.92 Å². The first-order valence-corrected chi connectivity index (χ1v) is 7.41. The molecule has 1 saturated heterocycles. The maximum Gasteiger partial charge on any atom is 0.118 e. The molecule has 1 fully saturated rings. The summed E-state index contributed by atoms with van der Waals surface area (Å²) in [6, 6.07) is 8.87. The van der Waals surface area contributed by atoms with Gasteiger partial charge in [0.05, 0.1) is 7.11 Å². The molecule has 3 nitrogen and oxygen atoms in total. The van der Waals surface area contributed by atoms with Crippen LogP contribution in [0.1, 0.15) is 37.8 Å². The van der Waals surface area contributed by atoms with Crippen molar-refractivity contribution >= 4 is 0 Å².